The number of carbonyl (C=O) groups excluding carboxylic acids is 2. The summed E-state index contributed by atoms with van der Waals surface area (Å²) >= 11 is 0. The van der Waals surface area contributed by atoms with Gasteiger partial charge >= 0.3 is 6.18 Å². The van der Waals surface area contributed by atoms with Crippen LogP contribution in [0.15, 0.2) is 65.9 Å². The maximum absolute atomic E-state index is 14.0. The highest BCUT2D eigenvalue weighted by atomic mass is 19.4. The maximum Gasteiger partial charge on any atom is 0.436 e. The molecule has 1 heterocycles. The molecule has 1 atom stereocenters. The van der Waals surface area contributed by atoms with Crippen molar-refractivity contribution in [1.29, 1.82) is 0 Å². The van der Waals surface area contributed by atoms with Crippen molar-refractivity contribution in [2.45, 2.75) is 25.2 Å². The first-order chi connectivity index (χ1) is 19.3. The number of carbonyl (C=O) groups is 2. The number of primary amides is 1. The van der Waals surface area contributed by atoms with E-state index in [2.05, 4.69) is 22.0 Å². The molecule has 0 saturated heterocycles. The van der Waals surface area contributed by atoms with E-state index in [1.807, 2.05) is 5.92 Å². The van der Waals surface area contributed by atoms with Crippen molar-refractivity contribution in [3.63, 3.8) is 0 Å². The number of halogens is 6. The van der Waals surface area contributed by atoms with Gasteiger partial charge < -0.3 is 11.1 Å². The number of amides is 2. The summed E-state index contributed by atoms with van der Waals surface area (Å²) in [6, 6.07) is 4.93. The first kappa shape index (κ1) is 30.4. The Morgan fingerprint density at radius 1 is 1.17 bits per heavy atom. The van der Waals surface area contributed by atoms with Crippen LogP contribution in [-0.4, -0.2) is 33.9 Å². The molecule has 7 nitrogen and oxygen atoms in total. The highest BCUT2D eigenvalue weighted by molar-refractivity contribution is 5.93. The molecule has 13 heteroatoms. The molecule has 0 saturated carbocycles. The van der Waals surface area contributed by atoms with E-state index in [1.54, 1.807) is 0 Å². The van der Waals surface area contributed by atoms with Gasteiger partial charge in [0.2, 0.25) is 5.91 Å². The smallest absolute Gasteiger partial charge is 0.366 e. The molecule has 212 valence electrons. The van der Waals surface area contributed by atoms with Crippen molar-refractivity contribution in [2.75, 3.05) is 0 Å². The lowest BCUT2D eigenvalue weighted by molar-refractivity contribution is -0.142. The van der Waals surface area contributed by atoms with Gasteiger partial charge in [0.25, 0.3) is 5.91 Å². The molecular formula is C28H21F6N5O2. The molecule has 3 N–H and O–H groups in total. The fraction of sp³-hybridized carbons (Fsp3) is 0.143. The minimum absolute atomic E-state index is 0.0470. The van der Waals surface area contributed by atoms with E-state index in [9.17, 15) is 35.9 Å². The summed E-state index contributed by atoms with van der Waals surface area (Å²) in [4.78, 5) is 28.8. The Kier molecular flexibility index (Phi) is 9.51. The van der Waals surface area contributed by atoms with E-state index >= 15 is 0 Å². The number of nitrogens with zero attached hydrogens (tertiary/aromatic N) is 3. The standard InChI is InChI=1S/C28H21F6N5O2/c1-3-7-36-23(11-16-5-6-22(31)21(10-16)27(35)41)24(12-17-8-19(29)13-20(30)9-17)37-25(40)15-39-14-18(4-2)26(38-39)28(32,33)34/h2-3,5-11,13-14,24H,1,12,15H2,(H2,35,41)(H,37,40)/b23-11+,36-7-/t24-/m0/s1. The first-order valence-corrected chi connectivity index (χ1v) is 11.6. The van der Waals surface area contributed by atoms with Gasteiger partial charge in [-0.15, -0.1) is 6.42 Å². The van der Waals surface area contributed by atoms with Crippen LogP contribution in [0.1, 0.15) is 32.7 Å². The molecule has 0 aliphatic heterocycles. The van der Waals surface area contributed by atoms with Crippen LogP contribution in [0.5, 0.6) is 0 Å². The molecule has 0 fully saturated rings. The minimum atomic E-state index is -4.86. The summed E-state index contributed by atoms with van der Waals surface area (Å²) in [5.74, 6) is -2.71. The van der Waals surface area contributed by atoms with Crippen molar-refractivity contribution < 1.29 is 35.9 Å². The van der Waals surface area contributed by atoms with Gasteiger partial charge in [-0.1, -0.05) is 24.6 Å². The number of nitrogens with two attached hydrogens (primary N) is 1. The molecule has 0 spiro atoms. The Labute approximate surface area is 230 Å². The van der Waals surface area contributed by atoms with Gasteiger partial charge in [-0.3, -0.25) is 19.3 Å². The summed E-state index contributed by atoms with van der Waals surface area (Å²) in [5, 5.41) is 5.91. The number of terminal acetylenes is 1. The largest absolute Gasteiger partial charge is 0.436 e. The van der Waals surface area contributed by atoms with E-state index < -0.39 is 64.8 Å². The van der Waals surface area contributed by atoms with Crippen molar-refractivity contribution >= 4 is 24.1 Å². The Morgan fingerprint density at radius 3 is 2.41 bits per heavy atom. The SMILES string of the molecule is C#Cc1cn(CC(=O)N[C@@H](Cc2cc(F)cc(F)c2)C(=C\c2ccc(F)c(C(N)=O)c2)/N=C\C=C)nc1C(F)(F)F. The minimum Gasteiger partial charge on any atom is -0.366 e. The third-order valence-corrected chi connectivity index (χ3v) is 5.45. The van der Waals surface area contributed by atoms with Gasteiger partial charge in [-0.05, 0) is 47.9 Å². The van der Waals surface area contributed by atoms with E-state index in [0.717, 1.165) is 30.5 Å². The molecule has 3 aromatic rings. The number of allylic oxidation sites excluding steroid dienone is 1. The van der Waals surface area contributed by atoms with Crippen molar-refractivity contribution in [1.82, 2.24) is 15.1 Å². The molecule has 0 aliphatic rings. The second-order valence-corrected chi connectivity index (χ2v) is 8.52. The van der Waals surface area contributed by atoms with Crippen LogP contribution in [-0.2, 0) is 23.9 Å². The van der Waals surface area contributed by atoms with Crippen LogP contribution in [0.2, 0.25) is 0 Å². The number of hydrogen-bond acceptors (Lipinski definition) is 4. The molecular weight excluding hydrogens is 552 g/mol. The molecule has 1 aromatic heterocycles. The molecule has 0 radical (unpaired) electrons. The highest BCUT2D eigenvalue weighted by Crippen LogP contribution is 2.30. The van der Waals surface area contributed by atoms with E-state index in [1.165, 1.54) is 24.4 Å². The number of aromatic nitrogens is 2. The summed E-state index contributed by atoms with van der Waals surface area (Å²) in [6.45, 7) is 2.81. The Morgan fingerprint density at radius 2 is 1.85 bits per heavy atom. The van der Waals surface area contributed by atoms with Crippen molar-refractivity contribution in [3.05, 3.63) is 106 Å². The lowest BCUT2D eigenvalue weighted by Crippen LogP contribution is -2.39. The van der Waals surface area contributed by atoms with E-state index in [-0.39, 0.29) is 23.2 Å². The van der Waals surface area contributed by atoms with Crippen LogP contribution < -0.4 is 11.1 Å². The average molecular weight is 573 g/mol. The lowest BCUT2D eigenvalue weighted by atomic mass is 10.00. The zero-order valence-electron chi connectivity index (χ0n) is 21.1. The Bertz CT molecular complexity index is 1560. The second-order valence-electron chi connectivity index (χ2n) is 8.52. The average Bonchev–Trinajstić information content (AvgIpc) is 3.29. The number of aliphatic imine (C=N–C) groups is 1. The zero-order chi connectivity index (χ0) is 30.3. The quantitative estimate of drug-likeness (QED) is 0.213. The second kappa shape index (κ2) is 12.8. The van der Waals surface area contributed by atoms with Crippen LogP contribution >= 0.6 is 0 Å². The molecule has 3 rings (SSSR count). The Balaban J connectivity index is 2.03. The van der Waals surface area contributed by atoms with Crippen LogP contribution in [0.4, 0.5) is 26.3 Å². The van der Waals surface area contributed by atoms with Gasteiger partial charge in [-0.2, -0.15) is 18.3 Å². The topological polar surface area (TPSA) is 102 Å². The molecule has 0 unspecified atom stereocenters. The fourth-order valence-corrected chi connectivity index (χ4v) is 3.76. The van der Waals surface area contributed by atoms with E-state index in [4.69, 9.17) is 12.2 Å². The maximum atomic E-state index is 14.0. The normalized spacial score (nSPS) is 12.7. The van der Waals surface area contributed by atoms with Crippen molar-refractivity contribution in [2.24, 2.45) is 10.7 Å². The molecule has 0 bridgehead atoms. The number of nitrogens with one attached hydrogen (secondary N) is 1. The van der Waals surface area contributed by atoms with Crippen molar-refractivity contribution in [3.8, 4) is 12.3 Å². The van der Waals surface area contributed by atoms with Gasteiger partial charge in [0.05, 0.1) is 22.9 Å². The zero-order valence-corrected chi connectivity index (χ0v) is 21.1. The van der Waals surface area contributed by atoms with Gasteiger partial charge in [-0.25, -0.2) is 13.2 Å². The summed E-state index contributed by atoms with van der Waals surface area (Å²) in [7, 11) is 0. The predicted molar refractivity (Wildman–Crippen MR) is 139 cm³/mol. The summed E-state index contributed by atoms with van der Waals surface area (Å²) in [5.41, 5.74) is 3.22. The molecule has 0 aliphatic carbocycles. The van der Waals surface area contributed by atoms with Crippen LogP contribution in [0.3, 0.4) is 0 Å². The van der Waals surface area contributed by atoms with Gasteiger partial charge in [0.15, 0.2) is 5.69 Å². The number of hydrogen-bond donors (Lipinski definition) is 2. The molecule has 2 aromatic carbocycles. The predicted octanol–water partition coefficient (Wildman–Crippen LogP) is 4.42. The number of alkyl halides is 3. The van der Waals surface area contributed by atoms with E-state index in [0.29, 0.717) is 10.7 Å². The van der Waals surface area contributed by atoms with Crippen LogP contribution in [0.25, 0.3) is 6.08 Å². The lowest BCUT2D eigenvalue weighted by Gasteiger charge is -2.20. The molecule has 2 amide bonds. The van der Waals surface area contributed by atoms with Gasteiger partial charge in [0.1, 0.15) is 24.0 Å². The summed E-state index contributed by atoms with van der Waals surface area (Å²) < 4.78 is 82.2. The third-order valence-electron chi connectivity index (χ3n) is 5.45. The third kappa shape index (κ3) is 8.18. The van der Waals surface area contributed by atoms with Crippen LogP contribution in [0, 0.1) is 29.8 Å². The fourth-order valence-electron chi connectivity index (χ4n) is 3.76. The summed E-state index contributed by atoms with van der Waals surface area (Å²) in [6.07, 6.45) is 4.77. The first-order valence-electron chi connectivity index (χ1n) is 11.6. The number of benzene rings is 2. The van der Waals surface area contributed by atoms with Gasteiger partial charge in [0, 0.05) is 18.5 Å². The molecule has 41 heavy (non-hydrogen) atoms. The highest BCUT2D eigenvalue weighted by Gasteiger charge is 2.37. The Hall–Kier alpha value is -5.12. The monoisotopic (exact) mass is 573 g/mol. The number of rotatable bonds is 10.